The molecule has 3 aromatic rings. The van der Waals surface area contributed by atoms with Gasteiger partial charge in [-0.15, -0.1) is 0 Å². The summed E-state index contributed by atoms with van der Waals surface area (Å²) in [5.74, 6) is 0.0633. The summed E-state index contributed by atoms with van der Waals surface area (Å²) in [6.07, 6.45) is 4.39. The monoisotopic (exact) mass is 307 g/mol. The molecule has 0 bridgehead atoms. The minimum absolute atomic E-state index is 0.0633. The second-order valence-electron chi connectivity index (χ2n) is 5.95. The van der Waals surface area contributed by atoms with E-state index in [2.05, 4.69) is 23.0 Å². The van der Waals surface area contributed by atoms with Gasteiger partial charge in [0.2, 0.25) is 0 Å². The van der Waals surface area contributed by atoms with Crippen molar-refractivity contribution in [1.82, 2.24) is 14.9 Å². The number of likely N-dealkylation sites (N-methyl/N-ethyl adjacent to an activating group) is 1. The van der Waals surface area contributed by atoms with Crippen molar-refractivity contribution in [2.24, 2.45) is 0 Å². The Kier molecular flexibility index (Phi) is 4.15. The quantitative estimate of drug-likeness (QED) is 0.802. The molecule has 3 rings (SSSR count). The first-order valence-electron chi connectivity index (χ1n) is 7.80. The molecule has 0 aliphatic heterocycles. The van der Waals surface area contributed by atoms with Gasteiger partial charge in [-0.3, -0.25) is 9.78 Å². The number of hydrogen-bond donors (Lipinski definition) is 1. The molecule has 2 aromatic heterocycles. The van der Waals surface area contributed by atoms with Crippen LogP contribution in [0.15, 0.2) is 42.7 Å². The highest BCUT2D eigenvalue weighted by molar-refractivity contribution is 6.08. The van der Waals surface area contributed by atoms with Crippen LogP contribution in [0.5, 0.6) is 0 Å². The normalized spacial score (nSPS) is 10.9. The number of aryl methyl sites for hydroxylation is 2. The van der Waals surface area contributed by atoms with E-state index < -0.39 is 0 Å². The number of hydrogen-bond acceptors (Lipinski definition) is 2. The summed E-state index contributed by atoms with van der Waals surface area (Å²) in [5, 5.41) is 1.00. The molecule has 1 N–H and O–H groups in total. The van der Waals surface area contributed by atoms with Crippen LogP contribution in [0, 0.1) is 13.8 Å². The Morgan fingerprint density at radius 3 is 2.65 bits per heavy atom. The van der Waals surface area contributed by atoms with Crippen LogP contribution in [0.25, 0.3) is 10.9 Å². The number of para-hydroxylation sites is 1. The third-order valence-electron chi connectivity index (χ3n) is 4.28. The average Bonchev–Trinajstić information content (AvgIpc) is 2.90. The van der Waals surface area contributed by atoms with E-state index in [1.54, 1.807) is 17.3 Å². The fourth-order valence-corrected chi connectivity index (χ4v) is 2.91. The first kappa shape index (κ1) is 15.3. The van der Waals surface area contributed by atoms with E-state index >= 15 is 0 Å². The highest BCUT2D eigenvalue weighted by Gasteiger charge is 2.19. The molecule has 1 aromatic carbocycles. The molecule has 0 aliphatic carbocycles. The predicted octanol–water partition coefficient (Wildman–Crippen LogP) is 3.49. The second kappa shape index (κ2) is 6.24. The Balaban J connectivity index is 1.82. The van der Waals surface area contributed by atoms with Gasteiger partial charge in [0.15, 0.2) is 0 Å². The maximum absolute atomic E-state index is 12.9. The lowest BCUT2D eigenvalue weighted by molar-refractivity contribution is 0.0798. The van der Waals surface area contributed by atoms with Gasteiger partial charge in [0.1, 0.15) is 0 Å². The van der Waals surface area contributed by atoms with Crippen LogP contribution in [0.2, 0.25) is 0 Å². The molecule has 0 spiro atoms. The number of nitrogens with one attached hydrogen (secondary N) is 1. The lowest BCUT2D eigenvalue weighted by atomic mass is 10.1. The van der Waals surface area contributed by atoms with Crippen molar-refractivity contribution in [3.05, 3.63) is 65.1 Å². The van der Waals surface area contributed by atoms with Crippen molar-refractivity contribution < 1.29 is 4.79 Å². The molecule has 0 radical (unpaired) electrons. The summed E-state index contributed by atoms with van der Waals surface area (Å²) in [6, 6.07) is 10.0. The number of aromatic nitrogens is 2. The third-order valence-corrected chi connectivity index (χ3v) is 4.28. The van der Waals surface area contributed by atoms with E-state index in [1.807, 2.05) is 38.2 Å². The third kappa shape index (κ3) is 2.97. The molecule has 23 heavy (non-hydrogen) atoms. The zero-order valence-electron chi connectivity index (χ0n) is 13.8. The number of fused-ring (bicyclic) bond motifs is 1. The Morgan fingerprint density at radius 2 is 1.91 bits per heavy atom. The molecule has 2 heterocycles. The molecule has 1 amide bonds. The maximum atomic E-state index is 12.9. The van der Waals surface area contributed by atoms with E-state index in [0.29, 0.717) is 6.54 Å². The van der Waals surface area contributed by atoms with E-state index in [4.69, 9.17) is 0 Å². The molecular weight excluding hydrogens is 286 g/mol. The summed E-state index contributed by atoms with van der Waals surface area (Å²) in [6.45, 7) is 4.70. The van der Waals surface area contributed by atoms with Crippen LogP contribution in [-0.4, -0.2) is 34.4 Å². The molecular formula is C19H21N3O. The fraction of sp³-hybridized carbons (Fsp3) is 0.263. The summed E-state index contributed by atoms with van der Waals surface area (Å²) in [7, 11) is 1.86. The van der Waals surface area contributed by atoms with Gasteiger partial charge in [0.05, 0.1) is 5.56 Å². The van der Waals surface area contributed by atoms with Gasteiger partial charge in [-0.2, -0.15) is 0 Å². The van der Waals surface area contributed by atoms with Gasteiger partial charge in [0.25, 0.3) is 5.91 Å². The zero-order valence-corrected chi connectivity index (χ0v) is 13.8. The fourth-order valence-electron chi connectivity index (χ4n) is 2.91. The minimum Gasteiger partial charge on any atom is -0.358 e. The summed E-state index contributed by atoms with van der Waals surface area (Å²) < 4.78 is 0. The smallest absolute Gasteiger partial charge is 0.256 e. The predicted molar refractivity (Wildman–Crippen MR) is 92.7 cm³/mol. The zero-order chi connectivity index (χ0) is 16.4. The molecule has 0 aliphatic rings. The highest BCUT2D eigenvalue weighted by Crippen LogP contribution is 2.25. The molecule has 0 saturated carbocycles. The van der Waals surface area contributed by atoms with Crippen LogP contribution in [-0.2, 0) is 6.42 Å². The number of pyridine rings is 1. The molecule has 0 fully saturated rings. The summed E-state index contributed by atoms with van der Waals surface area (Å²) >= 11 is 0. The largest absolute Gasteiger partial charge is 0.358 e. The van der Waals surface area contributed by atoms with E-state index in [9.17, 15) is 4.79 Å². The Bertz CT molecular complexity index is 836. The molecule has 4 nitrogen and oxygen atoms in total. The number of aromatic amines is 1. The minimum atomic E-state index is 0.0633. The van der Waals surface area contributed by atoms with Crippen molar-refractivity contribution >= 4 is 16.8 Å². The number of carbonyl (C=O) groups is 1. The lowest BCUT2D eigenvalue weighted by Crippen LogP contribution is -2.29. The summed E-state index contributed by atoms with van der Waals surface area (Å²) in [5.41, 5.74) is 5.10. The van der Waals surface area contributed by atoms with E-state index in [-0.39, 0.29) is 5.91 Å². The second-order valence-corrected chi connectivity index (χ2v) is 5.95. The van der Waals surface area contributed by atoms with Gasteiger partial charge in [-0.1, -0.05) is 18.2 Å². The molecule has 118 valence electrons. The van der Waals surface area contributed by atoms with Gasteiger partial charge in [-0.05, 0) is 43.5 Å². The van der Waals surface area contributed by atoms with Gasteiger partial charge in [-0.25, -0.2) is 0 Å². The van der Waals surface area contributed by atoms with Crippen molar-refractivity contribution in [3.63, 3.8) is 0 Å². The SMILES string of the molecule is Cc1[nH]c2c(C)cccc2c1C(=O)N(C)CCc1ccncc1. The molecule has 0 unspecified atom stereocenters. The molecule has 0 saturated heterocycles. The topological polar surface area (TPSA) is 49.0 Å². The Hall–Kier alpha value is -2.62. The number of benzene rings is 1. The van der Waals surface area contributed by atoms with E-state index in [0.717, 1.165) is 34.1 Å². The highest BCUT2D eigenvalue weighted by atomic mass is 16.2. The average molecular weight is 307 g/mol. The first-order valence-corrected chi connectivity index (χ1v) is 7.80. The van der Waals surface area contributed by atoms with Crippen LogP contribution >= 0.6 is 0 Å². The van der Waals surface area contributed by atoms with Crippen molar-refractivity contribution in [1.29, 1.82) is 0 Å². The Morgan fingerprint density at radius 1 is 1.17 bits per heavy atom. The number of rotatable bonds is 4. The van der Waals surface area contributed by atoms with Crippen LogP contribution in [0.4, 0.5) is 0 Å². The number of nitrogens with zero attached hydrogens (tertiary/aromatic N) is 2. The van der Waals surface area contributed by atoms with Gasteiger partial charge >= 0.3 is 0 Å². The van der Waals surface area contributed by atoms with Gasteiger partial charge in [0, 0.05) is 42.6 Å². The molecule has 0 atom stereocenters. The van der Waals surface area contributed by atoms with Crippen LogP contribution in [0.3, 0.4) is 0 Å². The van der Waals surface area contributed by atoms with Crippen molar-refractivity contribution in [2.75, 3.05) is 13.6 Å². The lowest BCUT2D eigenvalue weighted by Gasteiger charge is -2.17. The number of amides is 1. The Labute approximate surface area is 136 Å². The van der Waals surface area contributed by atoms with Gasteiger partial charge < -0.3 is 9.88 Å². The van der Waals surface area contributed by atoms with Crippen LogP contribution in [0.1, 0.15) is 27.2 Å². The van der Waals surface area contributed by atoms with Crippen molar-refractivity contribution in [3.8, 4) is 0 Å². The first-order chi connectivity index (χ1) is 11.1. The number of H-pyrrole nitrogens is 1. The maximum Gasteiger partial charge on any atom is 0.256 e. The summed E-state index contributed by atoms with van der Waals surface area (Å²) in [4.78, 5) is 22.0. The number of carbonyl (C=O) groups excluding carboxylic acids is 1. The molecule has 4 heteroatoms. The standard InChI is InChI=1S/C19H21N3O/c1-13-5-4-6-16-17(14(2)21-18(13)16)19(23)22(3)12-9-15-7-10-20-11-8-15/h4-8,10-11,21H,9,12H2,1-3H3. The van der Waals surface area contributed by atoms with E-state index in [1.165, 1.54) is 5.56 Å². The van der Waals surface area contributed by atoms with Crippen LogP contribution < -0.4 is 0 Å². The van der Waals surface area contributed by atoms with Crippen molar-refractivity contribution in [2.45, 2.75) is 20.3 Å².